The van der Waals surface area contributed by atoms with E-state index in [2.05, 4.69) is 38.3 Å². The molecular weight excluding hydrogens is 260 g/mol. The van der Waals surface area contributed by atoms with Gasteiger partial charge >= 0.3 is 0 Å². The highest BCUT2D eigenvalue weighted by Gasteiger charge is 2.16. The Labute approximate surface area is 131 Å². The number of hydrogen-bond acceptors (Lipinski definition) is 2. The van der Waals surface area contributed by atoms with Gasteiger partial charge in [-0.15, -0.1) is 0 Å². The quantitative estimate of drug-likeness (QED) is 0.637. The summed E-state index contributed by atoms with van der Waals surface area (Å²) in [4.78, 5) is 11.9. The zero-order chi connectivity index (χ0) is 15.7. The Kier molecular flexibility index (Phi) is 8.98. The molecule has 0 aromatic rings. The lowest BCUT2D eigenvalue weighted by Gasteiger charge is -2.24. The van der Waals surface area contributed by atoms with Gasteiger partial charge in [-0.25, -0.2) is 0 Å². The van der Waals surface area contributed by atoms with Crippen molar-refractivity contribution in [3.8, 4) is 0 Å². The van der Waals surface area contributed by atoms with E-state index in [1.54, 1.807) is 0 Å². The molecule has 3 nitrogen and oxygen atoms in total. The molecule has 1 atom stereocenters. The Morgan fingerprint density at radius 1 is 1.10 bits per heavy atom. The van der Waals surface area contributed by atoms with E-state index in [1.807, 2.05) is 0 Å². The fourth-order valence-electron chi connectivity index (χ4n) is 3.23. The zero-order valence-corrected chi connectivity index (χ0v) is 14.6. The number of hydrogen-bond donors (Lipinski definition) is 2. The van der Waals surface area contributed by atoms with Crippen LogP contribution in [0, 0.1) is 17.8 Å². The highest BCUT2D eigenvalue weighted by Crippen LogP contribution is 2.19. The van der Waals surface area contributed by atoms with Crippen LogP contribution in [-0.2, 0) is 4.79 Å². The van der Waals surface area contributed by atoms with Crippen molar-refractivity contribution >= 4 is 5.91 Å². The molecule has 1 saturated carbocycles. The van der Waals surface area contributed by atoms with Crippen LogP contribution in [0.3, 0.4) is 0 Å². The van der Waals surface area contributed by atoms with Gasteiger partial charge in [-0.2, -0.15) is 0 Å². The largest absolute Gasteiger partial charge is 0.353 e. The van der Waals surface area contributed by atoms with E-state index in [-0.39, 0.29) is 5.91 Å². The van der Waals surface area contributed by atoms with Crippen LogP contribution in [0.5, 0.6) is 0 Å². The molecule has 1 rings (SSSR count). The first-order chi connectivity index (χ1) is 9.99. The molecule has 2 N–H and O–H groups in total. The lowest BCUT2D eigenvalue weighted by molar-refractivity contribution is -0.121. The number of rotatable bonds is 9. The average Bonchev–Trinajstić information content (AvgIpc) is 2.42. The van der Waals surface area contributed by atoms with Crippen molar-refractivity contribution in [2.45, 2.75) is 78.7 Å². The van der Waals surface area contributed by atoms with Gasteiger partial charge in [0.05, 0.1) is 0 Å². The van der Waals surface area contributed by atoms with E-state index in [1.165, 1.54) is 38.5 Å². The van der Waals surface area contributed by atoms with Gasteiger partial charge in [-0.1, -0.05) is 47.0 Å². The summed E-state index contributed by atoms with van der Waals surface area (Å²) in [7, 11) is 0. The first-order valence-electron chi connectivity index (χ1n) is 8.99. The maximum atomic E-state index is 11.9. The third kappa shape index (κ3) is 8.45. The van der Waals surface area contributed by atoms with Crippen LogP contribution in [-0.4, -0.2) is 25.0 Å². The predicted octanol–water partition coefficient (Wildman–Crippen LogP) is 3.73. The maximum Gasteiger partial charge on any atom is 0.221 e. The van der Waals surface area contributed by atoms with E-state index >= 15 is 0 Å². The van der Waals surface area contributed by atoms with Crippen molar-refractivity contribution in [2.24, 2.45) is 17.8 Å². The van der Waals surface area contributed by atoms with E-state index in [4.69, 9.17) is 0 Å². The Hall–Kier alpha value is -0.570. The van der Waals surface area contributed by atoms with Gasteiger partial charge in [0, 0.05) is 19.0 Å². The SMILES string of the molecule is CC(C)CC(CNCCC(=O)NC1CCCCC1)C(C)C. The third-order valence-electron chi connectivity index (χ3n) is 4.62. The van der Waals surface area contributed by atoms with Crippen LogP contribution in [0.4, 0.5) is 0 Å². The average molecular weight is 296 g/mol. The van der Waals surface area contributed by atoms with Crippen LogP contribution in [0.2, 0.25) is 0 Å². The van der Waals surface area contributed by atoms with Crippen molar-refractivity contribution in [1.82, 2.24) is 10.6 Å². The van der Waals surface area contributed by atoms with Gasteiger partial charge in [0.25, 0.3) is 0 Å². The molecule has 1 aliphatic rings. The summed E-state index contributed by atoms with van der Waals surface area (Å²) in [5.41, 5.74) is 0. The molecule has 0 aliphatic heterocycles. The fraction of sp³-hybridized carbons (Fsp3) is 0.944. The van der Waals surface area contributed by atoms with Crippen molar-refractivity contribution in [1.29, 1.82) is 0 Å². The molecule has 1 fully saturated rings. The maximum absolute atomic E-state index is 11.9. The molecule has 0 bridgehead atoms. The second-order valence-electron chi connectivity index (χ2n) is 7.49. The van der Waals surface area contributed by atoms with Crippen molar-refractivity contribution in [3.63, 3.8) is 0 Å². The highest BCUT2D eigenvalue weighted by atomic mass is 16.1. The normalized spacial score (nSPS) is 18.2. The molecule has 1 aliphatic carbocycles. The Bertz CT molecular complexity index is 283. The second kappa shape index (κ2) is 10.2. The fourth-order valence-corrected chi connectivity index (χ4v) is 3.23. The van der Waals surface area contributed by atoms with Gasteiger partial charge in [0.15, 0.2) is 0 Å². The van der Waals surface area contributed by atoms with Crippen molar-refractivity contribution in [2.75, 3.05) is 13.1 Å². The number of nitrogens with one attached hydrogen (secondary N) is 2. The van der Waals surface area contributed by atoms with Crippen molar-refractivity contribution < 1.29 is 4.79 Å². The molecule has 0 aromatic carbocycles. The molecule has 0 spiro atoms. The summed E-state index contributed by atoms with van der Waals surface area (Å²) in [5, 5.41) is 6.66. The van der Waals surface area contributed by atoms with Gasteiger partial charge in [0.2, 0.25) is 5.91 Å². The summed E-state index contributed by atoms with van der Waals surface area (Å²) in [6, 6.07) is 0.440. The van der Waals surface area contributed by atoms with Crippen LogP contribution in [0.15, 0.2) is 0 Å². The Morgan fingerprint density at radius 2 is 1.76 bits per heavy atom. The molecular formula is C18H36N2O. The topological polar surface area (TPSA) is 41.1 Å². The predicted molar refractivity (Wildman–Crippen MR) is 90.3 cm³/mol. The van der Waals surface area contributed by atoms with Gasteiger partial charge in [-0.3, -0.25) is 4.79 Å². The molecule has 124 valence electrons. The van der Waals surface area contributed by atoms with Crippen LogP contribution in [0.25, 0.3) is 0 Å². The number of carbonyl (C=O) groups excluding carboxylic acids is 1. The highest BCUT2D eigenvalue weighted by molar-refractivity contribution is 5.76. The molecule has 0 aromatic heterocycles. The lowest BCUT2D eigenvalue weighted by Crippen LogP contribution is -2.38. The van der Waals surface area contributed by atoms with E-state index in [0.29, 0.717) is 24.3 Å². The zero-order valence-electron chi connectivity index (χ0n) is 14.6. The van der Waals surface area contributed by atoms with E-state index < -0.39 is 0 Å². The van der Waals surface area contributed by atoms with Gasteiger partial charge < -0.3 is 10.6 Å². The van der Waals surface area contributed by atoms with Crippen LogP contribution >= 0.6 is 0 Å². The first kappa shape index (κ1) is 18.5. The molecule has 3 heteroatoms. The molecule has 21 heavy (non-hydrogen) atoms. The summed E-state index contributed by atoms with van der Waals surface area (Å²) in [6.45, 7) is 11.0. The molecule has 0 radical (unpaired) electrons. The van der Waals surface area contributed by atoms with E-state index in [9.17, 15) is 4.79 Å². The first-order valence-corrected chi connectivity index (χ1v) is 8.99. The van der Waals surface area contributed by atoms with Gasteiger partial charge in [-0.05, 0) is 43.6 Å². The standard InChI is InChI=1S/C18H36N2O/c1-14(2)12-16(15(3)4)13-19-11-10-18(21)20-17-8-6-5-7-9-17/h14-17,19H,5-13H2,1-4H3,(H,20,21). The molecule has 1 unspecified atom stereocenters. The Balaban J connectivity index is 2.12. The lowest BCUT2D eigenvalue weighted by atomic mass is 9.87. The minimum Gasteiger partial charge on any atom is -0.353 e. The molecule has 0 saturated heterocycles. The monoisotopic (exact) mass is 296 g/mol. The minimum absolute atomic E-state index is 0.222. The number of carbonyl (C=O) groups is 1. The minimum atomic E-state index is 0.222. The number of amides is 1. The second-order valence-corrected chi connectivity index (χ2v) is 7.49. The Morgan fingerprint density at radius 3 is 2.33 bits per heavy atom. The van der Waals surface area contributed by atoms with Crippen molar-refractivity contribution in [3.05, 3.63) is 0 Å². The van der Waals surface area contributed by atoms with Crippen LogP contribution in [0.1, 0.15) is 72.6 Å². The summed E-state index contributed by atoms with van der Waals surface area (Å²) in [5.74, 6) is 2.38. The third-order valence-corrected chi connectivity index (χ3v) is 4.62. The smallest absolute Gasteiger partial charge is 0.221 e. The summed E-state index contributed by atoms with van der Waals surface area (Å²) < 4.78 is 0. The van der Waals surface area contributed by atoms with E-state index in [0.717, 1.165) is 19.0 Å². The molecule has 1 amide bonds. The summed E-state index contributed by atoms with van der Waals surface area (Å²) >= 11 is 0. The van der Waals surface area contributed by atoms with Crippen LogP contribution < -0.4 is 10.6 Å². The van der Waals surface area contributed by atoms with Gasteiger partial charge in [0.1, 0.15) is 0 Å². The molecule has 0 heterocycles. The summed E-state index contributed by atoms with van der Waals surface area (Å²) in [6.07, 6.45) is 8.09.